The van der Waals surface area contributed by atoms with Crippen LogP contribution in [0.25, 0.3) is 0 Å². The van der Waals surface area contributed by atoms with E-state index in [-0.39, 0.29) is 5.91 Å². The zero-order valence-electron chi connectivity index (χ0n) is 9.64. The molecule has 0 aliphatic rings. The first-order chi connectivity index (χ1) is 8.09. The van der Waals surface area contributed by atoms with Gasteiger partial charge in [-0.2, -0.15) is 5.10 Å². The van der Waals surface area contributed by atoms with E-state index in [4.69, 9.17) is 5.73 Å². The second kappa shape index (κ2) is 4.25. The molecule has 6 heteroatoms. The molecule has 0 fully saturated rings. The first-order valence-electron chi connectivity index (χ1n) is 5.09. The highest BCUT2D eigenvalue weighted by Crippen LogP contribution is 2.15. The molecule has 0 atom stereocenters. The van der Waals surface area contributed by atoms with Crippen molar-refractivity contribution in [3.8, 4) is 0 Å². The maximum absolute atomic E-state index is 11.9. The predicted octanol–water partition coefficient (Wildman–Crippen LogP) is 0.958. The first-order valence-corrected chi connectivity index (χ1v) is 5.09. The number of amides is 1. The third kappa shape index (κ3) is 2.10. The highest BCUT2D eigenvalue weighted by Gasteiger charge is 2.14. The predicted molar refractivity (Wildman–Crippen MR) is 64.5 cm³/mol. The van der Waals surface area contributed by atoms with E-state index in [0.717, 1.165) is 5.56 Å². The average Bonchev–Trinajstić information content (AvgIpc) is 2.63. The van der Waals surface area contributed by atoms with Crippen LogP contribution < -0.4 is 11.1 Å². The van der Waals surface area contributed by atoms with Crippen LogP contribution in [0.5, 0.6) is 0 Å². The van der Waals surface area contributed by atoms with Gasteiger partial charge in [0.2, 0.25) is 0 Å². The molecule has 3 N–H and O–H groups in total. The van der Waals surface area contributed by atoms with Crippen LogP contribution in [0.2, 0.25) is 0 Å². The molecule has 0 saturated heterocycles. The van der Waals surface area contributed by atoms with Gasteiger partial charge in [0.1, 0.15) is 11.4 Å². The van der Waals surface area contributed by atoms with Crippen LogP contribution in [-0.4, -0.2) is 20.7 Å². The molecule has 0 saturated carbocycles. The number of pyridine rings is 1. The fourth-order valence-electron chi connectivity index (χ4n) is 1.41. The van der Waals surface area contributed by atoms with Crippen molar-refractivity contribution in [3.05, 3.63) is 35.8 Å². The van der Waals surface area contributed by atoms with E-state index in [9.17, 15) is 4.79 Å². The molecule has 2 heterocycles. The summed E-state index contributed by atoms with van der Waals surface area (Å²) in [4.78, 5) is 15.9. The van der Waals surface area contributed by atoms with Gasteiger partial charge in [-0.25, -0.2) is 0 Å². The summed E-state index contributed by atoms with van der Waals surface area (Å²) in [7, 11) is 1.68. The summed E-state index contributed by atoms with van der Waals surface area (Å²) in [6.07, 6.45) is 4.71. The lowest BCUT2D eigenvalue weighted by Crippen LogP contribution is -2.14. The maximum atomic E-state index is 11.9. The summed E-state index contributed by atoms with van der Waals surface area (Å²) in [5.74, 6) is 0.0516. The molecule has 17 heavy (non-hydrogen) atoms. The van der Waals surface area contributed by atoms with E-state index in [1.807, 2.05) is 13.0 Å². The zero-order valence-corrected chi connectivity index (χ0v) is 9.64. The monoisotopic (exact) mass is 231 g/mol. The second-order valence-electron chi connectivity index (χ2n) is 3.71. The molecule has 0 aromatic carbocycles. The molecule has 0 spiro atoms. The Bertz CT molecular complexity index is 561. The van der Waals surface area contributed by atoms with Crippen LogP contribution in [0, 0.1) is 6.92 Å². The normalized spacial score (nSPS) is 10.2. The maximum Gasteiger partial charge on any atom is 0.261 e. The van der Waals surface area contributed by atoms with Crippen molar-refractivity contribution in [1.82, 2.24) is 14.8 Å². The molecule has 1 amide bonds. The number of anilines is 2. The molecule has 0 aliphatic heterocycles. The minimum atomic E-state index is -0.285. The molecule has 6 nitrogen and oxygen atoms in total. The van der Waals surface area contributed by atoms with Crippen molar-refractivity contribution in [2.75, 3.05) is 11.1 Å². The molecule has 2 aromatic heterocycles. The number of carbonyl (C=O) groups excluding carboxylic acids is 1. The Kier molecular flexibility index (Phi) is 2.78. The summed E-state index contributed by atoms with van der Waals surface area (Å²) in [6.45, 7) is 1.89. The van der Waals surface area contributed by atoms with Gasteiger partial charge in [0, 0.05) is 13.2 Å². The highest BCUT2D eigenvalue weighted by atomic mass is 16.1. The first kappa shape index (κ1) is 11.1. The SMILES string of the molecule is Cc1ccncc1NC(=O)c1cnn(C)c1N. The Labute approximate surface area is 98.5 Å². The molecule has 0 radical (unpaired) electrons. The highest BCUT2D eigenvalue weighted by molar-refractivity contribution is 6.07. The smallest absolute Gasteiger partial charge is 0.261 e. The van der Waals surface area contributed by atoms with E-state index in [1.54, 1.807) is 19.4 Å². The Morgan fingerprint density at radius 1 is 1.47 bits per heavy atom. The Hall–Kier alpha value is -2.37. The number of nitrogen functional groups attached to an aromatic ring is 1. The van der Waals surface area contributed by atoms with Crippen LogP contribution >= 0.6 is 0 Å². The van der Waals surface area contributed by atoms with Gasteiger partial charge in [0.25, 0.3) is 5.91 Å². The summed E-state index contributed by atoms with van der Waals surface area (Å²) in [5, 5.41) is 6.66. The molecule has 2 rings (SSSR count). The molecular weight excluding hydrogens is 218 g/mol. The lowest BCUT2D eigenvalue weighted by molar-refractivity contribution is 0.102. The van der Waals surface area contributed by atoms with E-state index in [1.165, 1.54) is 10.9 Å². The fraction of sp³-hybridized carbons (Fsp3) is 0.182. The third-order valence-corrected chi connectivity index (χ3v) is 2.52. The van der Waals surface area contributed by atoms with Crippen molar-refractivity contribution >= 4 is 17.4 Å². The molecule has 0 unspecified atom stereocenters. The largest absolute Gasteiger partial charge is 0.383 e. The van der Waals surface area contributed by atoms with Crippen molar-refractivity contribution < 1.29 is 4.79 Å². The summed E-state index contributed by atoms with van der Waals surface area (Å²) >= 11 is 0. The summed E-state index contributed by atoms with van der Waals surface area (Å²) in [5.41, 5.74) is 7.68. The van der Waals surface area contributed by atoms with Gasteiger partial charge >= 0.3 is 0 Å². The van der Waals surface area contributed by atoms with Crippen LogP contribution in [0.3, 0.4) is 0 Å². The van der Waals surface area contributed by atoms with Crippen molar-refractivity contribution in [3.63, 3.8) is 0 Å². The van der Waals surface area contributed by atoms with Gasteiger partial charge < -0.3 is 11.1 Å². The minimum Gasteiger partial charge on any atom is -0.383 e. The Morgan fingerprint density at radius 3 is 2.82 bits per heavy atom. The number of hydrogen-bond donors (Lipinski definition) is 2. The van der Waals surface area contributed by atoms with Gasteiger partial charge in [-0.3, -0.25) is 14.5 Å². The van der Waals surface area contributed by atoms with Crippen LogP contribution in [0.1, 0.15) is 15.9 Å². The molecular formula is C11H13N5O. The Morgan fingerprint density at radius 2 is 2.24 bits per heavy atom. The number of aromatic nitrogens is 3. The van der Waals surface area contributed by atoms with Gasteiger partial charge in [-0.05, 0) is 18.6 Å². The molecule has 0 aliphatic carbocycles. The fourth-order valence-corrected chi connectivity index (χ4v) is 1.41. The number of aryl methyl sites for hydroxylation is 2. The molecule has 0 bridgehead atoms. The Balaban J connectivity index is 2.23. The van der Waals surface area contributed by atoms with E-state index in [2.05, 4.69) is 15.4 Å². The van der Waals surface area contributed by atoms with Crippen LogP contribution in [-0.2, 0) is 7.05 Å². The quantitative estimate of drug-likeness (QED) is 0.806. The van der Waals surface area contributed by atoms with Crippen molar-refractivity contribution in [2.45, 2.75) is 6.92 Å². The van der Waals surface area contributed by atoms with E-state index < -0.39 is 0 Å². The zero-order chi connectivity index (χ0) is 12.4. The van der Waals surface area contributed by atoms with E-state index in [0.29, 0.717) is 17.1 Å². The van der Waals surface area contributed by atoms with Crippen molar-refractivity contribution in [1.29, 1.82) is 0 Å². The lowest BCUT2D eigenvalue weighted by Gasteiger charge is -2.06. The van der Waals surface area contributed by atoms with Gasteiger partial charge in [0.05, 0.1) is 18.1 Å². The number of nitrogens with zero attached hydrogens (tertiary/aromatic N) is 3. The average molecular weight is 231 g/mol. The van der Waals surface area contributed by atoms with Crippen molar-refractivity contribution in [2.24, 2.45) is 7.05 Å². The van der Waals surface area contributed by atoms with E-state index >= 15 is 0 Å². The second-order valence-corrected chi connectivity index (χ2v) is 3.71. The number of rotatable bonds is 2. The third-order valence-electron chi connectivity index (χ3n) is 2.52. The van der Waals surface area contributed by atoms with Gasteiger partial charge in [-0.1, -0.05) is 0 Å². The van der Waals surface area contributed by atoms with Crippen LogP contribution in [0.4, 0.5) is 11.5 Å². The minimum absolute atomic E-state index is 0.285. The topological polar surface area (TPSA) is 85.8 Å². The number of nitrogens with two attached hydrogens (primary N) is 1. The standard InChI is InChI=1S/C11H13N5O/c1-7-3-4-13-6-9(7)15-11(17)8-5-14-16(2)10(8)12/h3-6H,12H2,1-2H3,(H,15,17). The van der Waals surface area contributed by atoms with Gasteiger partial charge in [-0.15, -0.1) is 0 Å². The van der Waals surface area contributed by atoms with Gasteiger partial charge in [0.15, 0.2) is 0 Å². The molecule has 2 aromatic rings. The molecule has 88 valence electrons. The lowest BCUT2D eigenvalue weighted by atomic mass is 10.2. The number of carbonyl (C=O) groups is 1. The summed E-state index contributed by atoms with van der Waals surface area (Å²) in [6, 6.07) is 1.82. The summed E-state index contributed by atoms with van der Waals surface area (Å²) < 4.78 is 1.45. The number of nitrogens with one attached hydrogen (secondary N) is 1. The van der Waals surface area contributed by atoms with Crippen LogP contribution in [0.15, 0.2) is 24.7 Å². The number of hydrogen-bond acceptors (Lipinski definition) is 4.